The predicted octanol–water partition coefficient (Wildman–Crippen LogP) is 4.05. The van der Waals surface area contributed by atoms with Crippen LogP contribution in [0.25, 0.3) is 16.8 Å². The summed E-state index contributed by atoms with van der Waals surface area (Å²) in [5.41, 5.74) is 0.770. The number of carbonyl (C=O) groups excluding carboxylic acids is 1. The van der Waals surface area contributed by atoms with Gasteiger partial charge in [0.05, 0.1) is 4.91 Å². The van der Waals surface area contributed by atoms with Gasteiger partial charge in [-0.05, 0) is 46.7 Å². The third-order valence-electron chi connectivity index (χ3n) is 3.72. The summed E-state index contributed by atoms with van der Waals surface area (Å²) in [7, 11) is 1.67. The van der Waals surface area contributed by atoms with Crippen molar-refractivity contribution in [1.29, 1.82) is 0 Å². The minimum Gasteiger partial charge on any atom is -0.454 e. The van der Waals surface area contributed by atoms with Crippen molar-refractivity contribution >= 4 is 62.7 Å². The van der Waals surface area contributed by atoms with Crippen LogP contribution < -0.4 is 9.47 Å². The number of hydrogen-bond acceptors (Lipinski definition) is 5. The molecular weight excluding hydrogens is 354 g/mol. The number of rotatable bonds is 1. The van der Waals surface area contributed by atoms with Gasteiger partial charge in [0.15, 0.2) is 11.5 Å². The van der Waals surface area contributed by atoms with E-state index in [2.05, 4.69) is 0 Å². The second-order valence-corrected chi connectivity index (χ2v) is 7.25. The quantitative estimate of drug-likeness (QED) is 0.564. The molecule has 1 amide bonds. The molecule has 0 saturated carbocycles. The minimum atomic E-state index is -0.109. The highest BCUT2D eigenvalue weighted by Gasteiger charge is 2.28. The summed E-state index contributed by atoms with van der Waals surface area (Å²) in [5, 5.41) is 2.49. The van der Waals surface area contributed by atoms with Gasteiger partial charge in [-0.3, -0.25) is 9.69 Å². The Morgan fingerprint density at radius 3 is 2.48 bits per heavy atom. The Kier molecular flexibility index (Phi) is 3.48. The Morgan fingerprint density at radius 1 is 1.22 bits per heavy atom. The Bertz CT molecular complexity index is 910. The molecule has 0 atom stereocenters. The van der Waals surface area contributed by atoms with E-state index >= 15 is 0 Å². The molecule has 0 N–H and O–H groups in total. The van der Waals surface area contributed by atoms with E-state index in [0.717, 1.165) is 16.3 Å². The molecule has 7 heteroatoms. The number of likely N-dealkylation sites (N-methyl/N-ethyl adjacent to an activating group) is 1. The maximum atomic E-state index is 12.1. The third-order valence-corrected chi connectivity index (χ3v) is 5.53. The zero-order valence-corrected chi connectivity index (χ0v) is 14.3. The van der Waals surface area contributed by atoms with Gasteiger partial charge in [0.25, 0.3) is 5.91 Å². The number of fused-ring (bicyclic) bond motifs is 2. The van der Waals surface area contributed by atoms with E-state index in [0.29, 0.717) is 25.7 Å². The lowest BCUT2D eigenvalue weighted by atomic mass is 10.1. The van der Waals surface area contributed by atoms with Gasteiger partial charge < -0.3 is 9.47 Å². The minimum absolute atomic E-state index is 0.109. The van der Waals surface area contributed by atoms with Gasteiger partial charge >= 0.3 is 0 Å². The molecule has 1 fully saturated rings. The smallest absolute Gasteiger partial charge is 0.265 e. The topological polar surface area (TPSA) is 38.8 Å². The molecule has 4 rings (SSSR count). The van der Waals surface area contributed by atoms with Crippen molar-refractivity contribution in [2.45, 2.75) is 0 Å². The monoisotopic (exact) mass is 363 g/mol. The van der Waals surface area contributed by atoms with E-state index in [4.69, 9.17) is 33.3 Å². The van der Waals surface area contributed by atoms with Crippen LogP contribution in [0.4, 0.5) is 0 Å². The van der Waals surface area contributed by atoms with Crippen molar-refractivity contribution in [2.24, 2.45) is 0 Å². The number of halogens is 1. The first-order valence-electron chi connectivity index (χ1n) is 6.77. The SMILES string of the molecule is CN1C(=O)/C(=C/c2cc3cc4c(cc3cc2Cl)OCO4)SC1=S. The molecule has 2 aliphatic rings. The van der Waals surface area contributed by atoms with E-state index in [1.165, 1.54) is 16.7 Å². The van der Waals surface area contributed by atoms with Crippen molar-refractivity contribution in [3.05, 3.63) is 39.8 Å². The van der Waals surface area contributed by atoms with Crippen LogP contribution in [0, 0.1) is 0 Å². The maximum absolute atomic E-state index is 12.1. The van der Waals surface area contributed by atoms with Crippen LogP contribution in [0.2, 0.25) is 5.02 Å². The standard InChI is InChI=1S/C16H10ClNO3S2/c1-18-15(19)14(23-16(18)22)6-10-2-8-4-12-13(21-7-20-12)5-9(8)3-11(10)17/h2-6H,7H2,1H3/b14-6-. The van der Waals surface area contributed by atoms with Crippen LogP contribution in [-0.4, -0.2) is 29.0 Å². The van der Waals surface area contributed by atoms with Crippen LogP contribution in [0.5, 0.6) is 11.5 Å². The average molecular weight is 364 g/mol. The van der Waals surface area contributed by atoms with Gasteiger partial charge in [-0.1, -0.05) is 35.6 Å². The largest absolute Gasteiger partial charge is 0.454 e. The van der Waals surface area contributed by atoms with Gasteiger partial charge in [-0.2, -0.15) is 0 Å². The van der Waals surface area contributed by atoms with Gasteiger partial charge in [0.2, 0.25) is 6.79 Å². The molecule has 2 aromatic rings. The Labute approximate surface area is 147 Å². The molecular formula is C16H10ClNO3S2. The van der Waals surface area contributed by atoms with Gasteiger partial charge in [-0.25, -0.2) is 0 Å². The molecule has 1 saturated heterocycles. The average Bonchev–Trinajstić information content (AvgIpc) is 3.06. The zero-order chi connectivity index (χ0) is 16.1. The maximum Gasteiger partial charge on any atom is 0.265 e. The highest BCUT2D eigenvalue weighted by atomic mass is 35.5. The van der Waals surface area contributed by atoms with Crippen LogP contribution in [0.1, 0.15) is 5.56 Å². The lowest BCUT2D eigenvalue weighted by Gasteiger charge is -2.06. The van der Waals surface area contributed by atoms with E-state index < -0.39 is 0 Å². The highest BCUT2D eigenvalue weighted by molar-refractivity contribution is 8.26. The summed E-state index contributed by atoms with van der Waals surface area (Å²) in [4.78, 5) is 14.1. The number of thioether (sulfide) groups is 1. The predicted molar refractivity (Wildman–Crippen MR) is 96.0 cm³/mol. The van der Waals surface area contributed by atoms with Crippen molar-refractivity contribution in [3.8, 4) is 11.5 Å². The molecule has 0 bridgehead atoms. The molecule has 2 heterocycles. The normalized spacial score (nSPS) is 18.5. The Balaban J connectivity index is 1.82. The fourth-order valence-corrected chi connectivity index (χ4v) is 3.87. The molecule has 0 radical (unpaired) electrons. The van der Waals surface area contributed by atoms with Crippen molar-refractivity contribution < 1.29 is 14.3 Å². The Hall–Kier alpha value is -1.76. The van der Waals surface area contributed by atoms with E-state index in [-0.39, 0.29) is 12.7 Å². The number of hydrogen-bond donors (Lipinski definition) is 0. The number of ether oxygens (including phenoxy) is 2. The molecule has 0 aliphatic carbocycles. The number of amides is 1. The van der Waals surface area contributed by atoms with Crippen LogP contribution >= 0.6 is 35.6 Å². The van der Waals surface area contributed by atoms with Crippen LogP contribution in [0.15, 0.2) is 29.2 Å². The molecule has 0 spiro atoms. The first-order valence-corrected chi connectivity index (χ1v) is 8.37. The first kappa shape index (κ1) is 14.8. The molecule has 0 unspecified atom stereocenters. The molecule has 2 aromatic carbocycles. The fourth-order valence-electron chi connectivity index (χ4n) is 2.48. The van der Waals surface area contributed by atoms with Crippen molar-refractivity contribution in [1.82, 2.24) is 4.90 Å². The fraction of sp³-hybridized carbons (Fsp3) is 0.125. The summed E-state index contributed by atoms with van der Waals surface area (Å²) >= 11 is 12.8. The zero-order valence-electron chi connectivity index (χ0n) is 12.0. The van der Waals surface area contributed by atoms with Gasteiger partial charge in [0, 0.05) is 12.1 Å². The van der Waals surface area contributed by atoms with E-state index in [1.54, 1.807) is 13.1 Å². The summed E-state index contributed by atoms with van der Waals surface area (Å²) in [6.45, 7) is 0.227. The number of carbonyl (C=O) groups is 1. The summed E-state index contributed by atoms with van der Waals surface area (Å²) in [6.07, 6.45) is 1.77. The highest BCUT2D eigenvalue weighted by Crippen LogP contribution is 2.39. The number of nitrogens with zero attached hydrogens (tertiary/aromatic N) is 1. The van der Waals surface area contributed by atoms with Crippen LogP contribution in [0.3, 0.4) is 0 Å². The van der Waals surface area contributed by atoms with Crippen molar-refractivity contribution in [3.63, 3.8) is 0 Å². The molecule has 2 aliphatic heterocycles. The molecule has 0 aromatic heterocycles. The molecule has 4 nitrogen and oxygen atoms in total. The summed E-state index contributed by atoms with van der Waals surface area (Å²) in [6, 6.07) is 7.61. The van der Waals surface area contributed by atoms with Gasteiger partial charge in [-0.15, -0.1) is 0 Å². The first-order chi connectivity index (χ1) is 11.0. The second-order valence-electron chi connectivity index (χ2n) is 5.17. The molecule has 116 valence electrons. The third kappa shape index (κ3) is 2.47. The Morgan fingerprint density at radius 2 is 1.87 bits per heavy atom. The lowest BCUT2D eigenvalue weighted by molar-refractivity contribution is -0.121. The molecule has 23 heavy (non-hydrogen) atoms. The summed E-state index contributed by atoms with van der Waals surface area (Å²) < 4.78 is 11.3. The number of benzene rings is 2. The number of thiocarbonyl (C=S) groups is 1. The lowest BCUT2D eigenvalue weighted by Crippen LogP contribution is -2.22. The van der Waals surface area contributed by atoms with Gasteiger partial charge in [0.1, 0.15) is 4.32 Å². The van der Waals surface area contributed by atoms with Crippen molar-refractivity contribution in [2.75, 3.05) is 13.8 Å². The second kappa shape index (κ2) is 5.40. The van der Waals surface area contributed by atoms with E-state index in [9.17, 15) is 4.79 Å². The van der Waals surface area contributed by atoms with Crippen LogP contribution in [-0.2, 0) is 4.79 Å². The van der Waals surface area contributed by atoms with E-state index in [1.807, 2.05) is 24.3 Å². The summed E-state index contributed by atoms with van der Waals surface area (Å²) in [5.74, 6) is 1.32.